The largest absolute Gasteiger partial charge is 0.447 e. The number of hydrogen-bond donors (Lipinski definition) is 1. The van der Waals surface area contributed by atoms with Crippen LogP contribution in [-0.4, -0.2) is 33.8 Å². The van der Waals surface area contributed by atoms with E-state index in [0.717, 1.165) is 40.9 Å². The van der Waals surface area contributed by atoms with Gasteiger partial charge in [-0.15, -0.1) is 0 Å². The maximum Gasteiger partial charge on any atom is 0.414 e. The molecule has 1 amide bonds. The highest BCUT2D eigenvalue weighted by molar-refractivity contribution is 5.97. The fraction of sp³-hybridized carbons (Fsp3) is 0.655. The number of ether oxygens (including phenoxy) is 1. The van der Waals surface area contributed by atoms with Gasteiger partial charge in [-0.05, 0) is 25.0 Å². The predicted molar refractivity (Wildman–Crippen MR) is 144 cm³/mol. The number of nitrogens with zero attached hydrogens (tertiary/aromatic N) is 3. The molecule has 0 atom stereocenters. The van der Waals surface area contributed by atoms with Gasteiger partial charge < -0.3 is 4.74 Å². The van der Waals surface area contributed by atoms with E-state index in [1.165, 1.54) is 89.9 Å². The summed E-state index contributed by atoms with van der Waals surface area (Å²) in [5.41, 5.74) is 4.78. The molecular weight excluding hydrogens is 436 g/mol. The Morgan fingerprint density at radius 2 is 1.46 bits per heavy atom. The van der Waals surface area contributed by atoms with Crippen LogP contribution in [0.25, 0.3) is 16.7 Å². The maximum atomic E-state index is 12.3. The Balaban J connectivity index is 1.16. The van der Waals surface area contributed by atoms with Crippen LogP contribution in [0.4, 0.5) is 10.5 Å². The lowest BCUT2D eigenvalue weighted by Gasteiger charge is -2.12. The number of H-pyrrole nitrogens is 1. The van der Waals surface area contributed by atoms with Gasteiger partial charge in [0, 0.05) is 0 Å². The molecule has 3 heterocycles. The number of para-hydroxylation sites is 2. The van der Waals surface area contributed by atoms with Gasteiger partial charge in [-0.25, -0.2) is 14.3 Å². The van der Waals surface area contributed by atoms with Crippen LogP contribution in [0.5, 0.6) is 0 Å². The van der Waals surface area contributed by atoms with E-state index in [9.17, 15) is 4.79 Å². The third kappa shape index (κ3) is 6.80. The first-order chi connectivity index (χ1) is 17.3. The van der Waals surface area contributed by atoms with Crippen molar-refractivity contribution >= 4 is 28.5 Å². The molecule has 1 N–H and O–H groups in total. The average molecular weight is 481 g/mol. The molecule has 35 heavy (non-hydrogen) atoms. The molecule has 0 spiro atoms. The van der Waals surface area contributed by atoms with Crippen molar-refractivity contribution in [2.45, 2.75) is 110 Å². The second-order valence-corrected chi connectivity index (χ2v) is 10.2. The Labute approximate surface area is 210 Å². The number of carbonyl (C=O) groups excluding carboxylic acids is 1. The minimum Gasteiger partial charge on any atom is -0.447 e. The molecule has 3 aromatic rings. The van der Waals surface area contributed by atoms with Crippen molar-refractivity contribution in [2.24, 2.45) is 0 Å². The number of amides is 1. The van der Waals surface area contributed by atoms with Gasteiger partial charge in [-0.3, -0.25) is 10.00 Å². The number of aromatic nitrogens is 3. The summed E-state index contributed by atoms with van der Waals surface area (Å²) in [6, 6.07) is 8.09. The summed E-state index contributed by atoms with van der Waals surface area (Å²) >= 11 is 0. The molecule has 1 aromatic carbocycles. The zero-order chi connectivity index (χ0) is 24.3. The Bertz CT molecular complexity index is 1050. The molecule has 0 aliphatic carbocycles. The number of cyclic esters (lactones) is 1. The fourth-order valence-electron chi connectivity index (χ4n) is 5.35. The van der Waals surface area contributed by atoms with Crippen molar-refractivity contribution < 1.29 is 9.53 Å². The maximum absolute atomic E-state index is 12.3. The average Bonchev–Trinajstić information content (AvgIpc) is 3.54. The molecule has 6 heteroatoms. The lowest BCUT2D eigenvalue weighted by molar-refractivity contribution is 0.181. The molecule has 0 bridgehead atoms. The smallest absolute Gasteiger partial charge is 0.414 e. The zero-order valence-corrected chi connectivity index (χ0v) is 21.7. The summed E-state index contributed by atoms with van der Waals surface area (Å²) in [4.78, 5) is 18.9. The summed E-state index contributed by atoms with van der Waals surface area (Å²) in [6.45, 7) is 3.31. The molecule has 0 radical (unpaired) electrons. The van der Waals surface area contributed by atoms with E-state index in [1.54, 1.807) is 4.90 Å². The number of benzene rings is 1. The highest BCUT2D eigenvalue weighted by Gasteiger charge is 2.30. The molecule has 1 fully saturated rings. The molecular formula is C29H44N4O2. The van der Waals surface area contributed by atoms with Gasteiger partial charge in [0.05, 0.1) is 23.3 Å². The second-order valence-electron chi connectivity index (χ2n) is 10.2. The fourth-order valence-corrected chi connectivity index (χ4v) is 5.35. The standard InChI is InChI=1S/C29H44N4O2/c1-2-3-4-5-6-7-8-9-10-11-12-13-14-15-16-20-25-27(32-22-23-35-29(32)34)28-30-24-19-17-18-21-26(24)33(28)31-25/h17-19,21,31H,2-16,20,22-23H2,1H3. The number of unbranched alkanes of at least 4 members (excludes halogenated alkanes) is 14. The predicted octanol–water partition coefficient (Wildman–Crippen LogP) is 8.19. The van der Waals surface area contributed by atoms with E-state index in [2.05, 4.69) is 18.1 Å². The van der Waals surface area contributed by atoms with Crippen LogP contribution in [0.15, 0.2) is 24.3 Å². The van der Waals surface area contributed by atoms with Crippen molar-refractivity contribution in [2.75, 3.05) is 18.1 Å². The Morgan fingerprint density at radius 1 is 0.857 bits per heavy atom. The number of imidazole rings is 1. The number of nitrogens with one attached hydrogen (secondary N) is 1. The number of fused-ring (bicyclic) bond motifs is 3. The van der Waals surface area contributed by atoms with Crippen molar-refractivity contribution in [3.05, 3.63) is 30.0 Å². The highest BCUT2D eigenvalue weighted by atomic mass is 16.6. The molecule has 1 aliphatic rings. The van der Waals surface area contributed by atoms with Crippen LogP contribution in [0.1, 0.15) is 109 Å². The normalized spacial score (nSPS) is 14.0. The van der Waals surface area contributed by atoms with Crippen LogP contribution in [-0.2, 0) is 11.2 Å². The molecule has 4 rings (SSSR count). The SMILES string of the molecule is CCCCCCCCCCCCCCCCCc1[nH]n2c(nc3ccccc32)c1N1CCOC1=O. The molecule has 192 valence electrons. The monoisotopic (exact) mass is 480 g/mol. The molecule has 2 aromatic heterocycles. The van der Waals surface area contributed by atoms with Gasteiger partial charge >= 0.3 is 6.09 Å². The van der Waals surface area contributed by atoms with Crippen LogP contribution in [0.3, 0.4) is 0 Å². The van der Waals surface area contributed by atoms with E-state index in [-0.39, 0.29) is 6.09 Å². The van der Waals surface area contributed by atoms with Crippen LogP contribution >= 0.6 is 0 Å². The minimum atomic E-state index is -0.267. The number of aromatic amines is 1. The minimum absolute atomic E-state index is 0.267. The van der Waals surface area contributed by atoms with Gasteiger partial charge in [0.2, 0.25) is 0 Å². The molecule has 0 unspecified atom stereocenters. The first kappa shape index (κ1) is 25.6. The number of carbonyl (C=O) groups is 1. The van der Waals surface area contributed by atoms with Crippen LogP contribution < -0.4 is 4.90 Å². The molecule has 1 saturated heterocycles. The van der Waals surface area contributed by atoms with Gasteiger partial charge in [0.1, 0.15) is 12.3 Å². The number of aryl methyl sites for hydroxylation is 1. The van der Waals surface area contributed by atoms with E-state index < -0.39 is 0 Å². The Hall–Kier alpha value is -2.50. The number of anilines is 1. The lowest BCUT2D eigenvalue weighted by Crippen LogP contribution is -2.24. The van der Waals surface area contributed by atoms with Gasteiger partial charge in [0.15, 0.2) is 5.65 Å². The van der Waals surface area contributed by atoms with Crippen LogP contribution in [0, 0.1) is 0 Å². The lowest BCUT2D eigenvalue weighted by atomic mass is 10.0. The topological polar surface area (TPSA) is 62.6 Å². The van der Waals surface area contributed by atoms with Gasteiger partial charge in [-0.1, -0.05) is 109 Å². The van der Waals surface area contributed by atoms with Crippen molar-refractivity contribution in [3.8, 4) is 0 Å². The van der Waals surface area contributed by atoms with Gasteiger partial charge in [0.25, 0.3) is 0 Å². The summed E-state index contributed by atoms with van der Waals surface area (Å²) in [7, 11) is 0. The number of hydrogen-bond acceptors (Lipinski definition) is 3. The molecule has 1 aliphatic heterocycles. The molecule has 6 nitrogen and oxygen atoms in total. The third-order valence-electron chi connectivity index (χ3n) is 7.37. The molecule has 0 saturated carbocycles. The van der Waals surface area contributed by atoms with E-state index in [4.69, 9.17) is 9.72 Å². The Morgan fingerprint density at radius 3 is 2.06 bits per heavy atom. The first-order valence-corrected chi connectivity index (χ1v) is 14.2. The first-order valence-electron chi connectivity index (χ1n) is 14.2. The van der Waals surface area contributed by atoms with Crippen molar-refractivity contribution in [1.29, 1.82) is 0 Å². The summed E-state index contributed by atoms with van der Waals surface area (Å²) < 4.78 is 7.26. The van der Waals surface area contributed by atoms with E-state index in [0.29, 0.717) is 13.2 Å². The summed E-state index contributed by atoms with van der Waals surface area (Å²) in [5, 5.41) is 3.54. The quantitative estimate of drug-likeness (QED) is 0.198. The van der Waals surface area contributed by atoms with Gasteiger partial charge in [-0.2, -0.15) is 0 Å². The van der Waals surface area contributed by atoms with E-state index in [1.807, 2.05) is 22.7 Å². The second kappa shape index (κ2) is 13.6. The van der Waals surface area contributed by atoms with Crippen molar-refractivity contribution in [3.63, 3.8) is 0 Å². The van der Waals surface area contributed by atoms with Crippen molar-refractivity contribution in [1.82, 2.24) is 14.6 Å². The summed E-state index contributed by atoms with van der Waals surface area (Å²) in [5.74, 6) is 0. The zero-order valence-electron chi connectivity index (χ0n) is 21.7. The third-order valence-corrected chi connectivity index (χ3v) is 7.37. The van der Waals surface area contributed by atoms with Crippen LogP contribution in [0.2, 0.25) is 0 Å². The highest BCUT2D eigenvalue weighted by Crippen LogP contribution is 2.32. The van der Waals surface area contributed by atoms with E-state index >= 15 is 0 Å². The summed E-state index contributed by atoms with van der Waals surface area (Å²) in [6.07, 6.45) is 21.1. The number of rotatable bonds is 17. The Kier molecular flexibility index (Phi) is 9.91.